The topological polar surface area (TPSA) is 46.2 Å². The van der Waals surface area contributed by atoms with Crippen molar-refractivity contribution in [3.63, 3.8) is 0 Å². The summed E-state index contributed by atoms with van der Waals surface area (Å²) in [5.74, 6) is 0. The smallest absolute Gasteiger partial charge is 0.0990 e. The van der Waals surface area contributed by atoms with Crippen LogP contribution in [0.15, 0.2) is 48.5 Å². The molecule has 0 fully saturated rings. The van der Waals surface area contributed by atoms with Gasteiger partial charge in [-0.15, -0.1) is 0 Å². The molecule has 0 aromatic heterocycles. The van der Waals surface area contributed by atoms with Crippen LogP contribution in [0, 0.1) is 6.92 Å². The van der Waals surface area contributed by atoms with Crippen LogP contribution in [0.1, 0.15) is 18.1 Å². The van der Waals surface area contributed by atoms with Crippen molar-refractivity contribution in [1.29, 1.82) is 0 Å². The fraction of sp³-hybridized carbons (Fsp3) is 0.250. The third-order valence-corrected chi connectivity index (χ3v) is 3.34. The van der Waals surface area contributed by atoms with Gasteiger partial charge in [0.05, 0.1) is 5.60 Å². The molecule has 94 valence electrons. The van der Waals surface area contributed by atoms with Gasteiger partial charge < -0.3 is 10.8 Å². The van der Waals surface area contributed by atoms with Crippen LogP contribution in [0.2, 0.25) is 0 Å². The Morgan fingerprint density at radius 2 is 1.83 bits per heavy atom. The molecular formula is C16H19NO. The highest BCUT2D eigenvalue weighted by atomic mass is 16.3. The molecule has 2 nitrogen and oxygen atoms in total. The summed E-state index contributed by atoms with van der Waals surface area (Å²) in [7, 11) is 0. The minimum absolute atomic E-state index is 0.213. The monoisotopic (exact) mass is 241 g/mol. The summed E-state index contributed by atoms with van der Waals surface area (Å²) < 4.78 is 0. The second kappa shape index (κ2) is 4.92. The molecule has 0 aliphatic rings. The van der Waals surface area contributed by atoms with Gasteiger partial charge in [-0.2, -0.15) is 0 Å². The molecule has 2 heteroatoms. The highest BCUT2D eigenvalue weighted by molar-refractivity contribution is 5.67. The Hall–Kier alpha value is -1.64. The Bertz CT molecular complexity index is 546. The summed E-state index contributed by atoms with van der Waals surface area (Å²) in [6, 6.07) is 16.2. The molecule has 0 radical (unpaired) electrons. The first kappa shape index (κ1) is 12.8. The highest BCUT2D eigenvalue weighted by Crippen LogP contribution is 2.27. The zero-order chi connectivity index (χ0) is 13.2. The van der Waals surface area contributed by atoms with Crippen LogP contribution in [0.4, 0.5) is 0 Å². The van der Waals surface area contributed by atoms with Crippen molar-refractivity contribution in [2.75, 3.05) is 6.54 Å². The number of aryl methyl sites for hydroxylation is 1. The van der Waals surface area contributed by atoms with E-state index in [1.807, 2.05) is 30.3 Å². The van der Waals surface area contributed by atoms with Crippen LogP contribution < -0.4 is 5.73 Å². The Morgan fingerprint density at radius 3 is 2.50 bits per heavy atom. The van der Waals surface area contributed by atoms with Gasteiger partial charge in [-0.3, -0.25) is 0 Å². The van der Waals surface area contributed by atoms with Crippen LogP contribution >= 0.6 is 0 Å². The summed E-state index contributed by atoms with van der Waals surface area (Å²) in [5.41, 5.74) is 9.01. The molecule has 0 saturated carbocycles. The maximum atomic E-state index is 10.2. The number of benzene rings is 2. The first-order chi connectivity index (χ1) is 8.54. The van der Waals surface area contributed by atoms with E-state index in [4.69, 9.17) is 5.73 Å². The third-order valence-electron chi connectivity index (χ3n) is 3.34. The average Bonchev–Trinajstić information content (AvgIpc) is 2.39. The molecule has 0 spiro atoms. The van der Waals surface area contributed by atoms with Crippen molar-refractivity contribution < 1.29 is 5.11 Å². The second-order valence-electron chi connectivity index (χ2n) is 4.87. The van der Waals surface area contributed by atoms with Crippen LogP contribution in [0.25, 0.3) is 11.1 Å². The van der Waals surface area contributed by atoms with E-state index in [1.165, 1.54) is 11.1 Å². The minimum atomic E-state index is -0.974. The number of nitrogens with two attached hydrogens (primary N) is 1. The van der Waals surface area contributed by atoms with Gasteiger partial charge in [0.2, 0.25) is 0 Å². The Kier molecular flexibility index (Phi) is 3.50. The number of rotatable bonds is 3. The molecule has 2 aromatic carbocycles. The van der Waals surface area contributed by atoms with Crippen molar-refractivity contribution in [2.24, 2.45) is 5.73 Å². The molecule has 0 amide bonds. The molecule has 0 heterocycles. The van der Waals surface area contributed by atoms with E-state index in [0.29, 0.717) is 0 Å². The molecule has 2 rings (SSSR count). The van der Waals surface area contributed by atoms with E-state index in [2.05, 4.69) is 25.1 Å². The zero-order valence-corrected chi connectivity index (χ0v) is 10.9. The first-order valence-corrected chi connectivity index (χ1v) is 6.13. The lowest BCUT2D eigenvalue weighted by atomic mass is 9.92. The van der Waals surface area contributed by atoms with Gasteiger partial charge in [0.25, 0.3) is 0 Å². The zero-order valence-electron chi connectivity index (χ0n) is 10.9. The molecular weight excluding hydrogens is 222 g/mol. The number of hydrogen-bond acceptors (Lipinski definition) is 2. The molecule has 0 aliphatic heterocycles. The van der Waals surface area contributed by atoms with E-state index in [1.54, 1.807) is 6.92 Å². The molecule has 0 saturated heterocycles. The lowest BCUT2D eigenvalue weighted by Gasteiger charge is -2.22. The maximum Gasteiger partial charge on any atom is 0.0990 e. The molecule has 1 unspecified atom stereocenters. The molecule has 18 heavy (non-hydrogen) atoms. The summed E-state index contributed by atoms with van der Waals surface area (Å²) in [6.07, 6.45) is 0. The quantitative estimate of drug-likeness (QED) is 0.868. The fourth-order valence-corrected chi connectivity index (χ4v) is 2.04. The first-order valence-electron chi connectivity index (χ1n) is 6.13. The second-order valence-corrected chi connectivity index (χ2v) is 4.87. The lowest BCUT2D eigenvalue weighted by Crippen LogP contribution is -2.31. The van der Waals surface area contributed by atoms with Crippen molar-refractivity contribution in [1.82, 2.24) is 0 Å². The molecule has 3 N–H and O–H groups in total. The number of hydrogen-bond donors (Lipinski definition) is 2. The summed E-state index contributed by atoms with van der Waals surface area (Å²) in [4.78, 5) is 0. The van der Waals surface area contributed by atoms with Gasteiger partial charge in [0.15, 0.2) is 0 Å². The van der Waals surface area contributed by atoms with Gasteiger partial charge in [-0.1, -0.05) is 42.5 Å². The largest absolute Gasteiger partial charge is 0.384 e. The van der Waals surface area contributed by atoms with E-state index in [0.717, 1.165) is 11.1 Å². The van der Waals surface area contributed by atoms with E-state index < -0.39 is 5.60 Å². The van der Waals surface area contributed by atoms with Crippen LogP contribution in [0.3, 0.4) is 0 Å². The molecule has 0 bridgehead atoms. The van der Waals surface area contributed by atoms with Crippen molar-refractivity contribution in [2.45, 2.75) is 19.4 Å². The van der Waals surface area contributed by atoms with E-state index in [-0.39, 0.29) is 6.54 Å². The van der Waals surface area contributed by atoms with Crippen LogP contribution in [-0.4, -0.2) is 11.7 Å². The van der Waals surface area contributed by atoms with Crippen LogP contribution in [-0.2, 0) is 5.60 Å². The Balaban J connectivity index is 2.49. The highest BCUT2D eigenvalue weighted by Gasteiger charge is 2.21. The van der Waals surface area contributed by atoms with E-state index in [9.17, 15) is 5.11 Å². The maximum absolute atomic E-state index is 10.2. The average molecular weight is 241 g/mol. The number of aliphatic hydroxyl groups is 1. The Morgan fingerprint density at radius 1 is 1.11 bits per heavy atom. The van der Waals surface area contributed by atoms with Gasteiger partial charge in [-0.05, 0) is 42.2 Å². The van der Waals surface area contributed by atoms with Gasteiger partial charge >= 0.3 is 0 Å². The molecule has 1 atom stereocenters. The fourth-order valence-electron chi connectivity index (χ4n) is 2.04. The van der Waals surface area contributed by atoms with Crippen molar-refractivity contribution in [3.8, 4) is 11.1 Å². The normalized spacial score (nSPS) is 14.2. The molecule has 0 aliphatic carbocycles. The SMILES string of the molecule is Cc1ccccc1-c1cccc(C(C)(O)CN)c1. The van der Waals surface area contributed by atoms with Crippen molar-refractivity contribution >= 4 is 0 Å². The van der Waals surface area contributed by atoms with Crippen molar-refractivity contribution in [3.05, 3.63) is 59.7 Å². The standard InChI is InChI=1S/C16H19NO/c1-12-6-3-4-9-15(12)13-7-5-8-14(10-13)16(2,18)11-17/h3-10,18H,11,17H2,1-2H3. The minimum Gasteiger partial charge on any atom is -0.384 e. The third kappa shape index (κ3) is 2.45. The predicted octanol–water partition coefficient (Wildman–Crippen LogP) is 2.83. The van der Waals surface area contributed by atoms with E-state index >= 15 is 0 Å². The Labute approximate surface area is 108 Å². The summed E-state index contributed by atoms with van der Waals surface area (Å²) >= 11 is 0. The summed E-state index contributed by atoms with van der Waals surface area (Å²) in [5, 5.41) is 10.2. The lowest BCUT2D eigenvalue weighted by molar-refractivity contribution is 0.0669. The summed E-state index contributed by atoms with van der Waals surface area (Å²) in [6.45, 7) is 4.04. The van der Waals surface area contributed by atoms with Gasteiger partial charge in [0, 0.05) is 6.54 Å². The van der Waals surface area contributed by atoms with Crippen LogP contribution in [0.5, 0.6) is 0 Å². The molecule has 2 aromatic rings. The predicted molar refractivity (Wildman–Crippen MR) is 75.2 cm³/mol. The van der Waals surface area contributed by atoms with Gasteiger partial charge in [-0.25, -0.2) is 0 Å². The van der Waals surface area contributed by atoms with Gasteiger partial charge in [0.1, 0.15) is 0 Å².